The van der Waals surface area contributed by atoms with E-state index in [1.54, 1.807) is 29.1 Å². The largest absolute Gasteiger partial charge is 0.461 e. The molecular formula is C23H37N4O5P. The van der Waals surface area contributed by atoms with Gasteiger partial charge in [-0.25, -0.2) is 4.57 Å². The van der Waals surface area contributed by atoms with Crippen LogP contribution in [0, 0.1) is 5.92 Å². The van der Waals surface area contributed by atoms with Gasteiger partial charge in [0.05, 0.1) is 12.7 Å². The molecule has 2 rings (SSSR count). The quantitative estimate of drug-likeness (QED) is 0.207. The Labute approximate surface area is 197 Å². The van der Waals surface area contributed by atoms with E-state index in [0.717, 1.165) is 6.42 Å². The van der Waals surface area contributed by atoms with Crippen LogP contribution in [-0.4, -0.2) is 59.9 Å². The molecule has 0 bridgehead atoms. The van der Waals surface area contributed by atoms with Gasteiger partial charge in [-0.3, -0.25) is 9.32 Å². The summed E-state index contributed by atoms with van der Waals surface area (Å²) in [6.07, 6.45) is 3.91. The molecule has 184 valence electrons. The van der Waals surface area contributed by atoms with Crippen molar-refractivity contribution >= 4 is 20.0 Å². The van der Waals surface area contributed by atoms with Crippen LogP contribution in [0.1, 0.15) is 41.0 Å². The average molecular weight is 481 g/mol. The Morgan fingerprint density at radius 3 is 2.48 bits per heavy atom. The zero-order chi connectivity index (χ0) is 24.6. The molecule has 4 atom stereocenters. The lowest BCUT2D eigenvalue weighted by Crippen LogP contribution is -2.37. The summed E-state index contributed by atoms with van der Waals surface area (Å²) >= 11 is 0. The van der Waals surface area contributed by atoms with Crippen molar-refractivity contribution in [2.45, 2.75) is 65.5 Å². The molecule has 1 heterocycles. The van der Waals surface area contributed by atoms with Gasteiger partial charge in [-0.1, -0.05) is 25.1 Å². The zero-order valence-electron chi connectivity index (χ0n) is 20.3. The highest BCUT2D eigenvalue weighted by Crippen LogP contribution is 2.54. The number of amidine groups is 1. The lowest BCUT2D eigenvalue weighted by molar-refractivity contribution is -0.106. The van der Waals surface area contributed by atoms with E-state index in [0.29, 0.717) is 12.2 Å². The van der Waals surface area contributed by atoms with E-state index in [1.165, 1.54) is 0 Å². The van der Waals surface area contributed by atoms with Gasteiger partial charge >= 0.3 is 7.75 Å². The minimum absolute atomic E-state index is 0.0505. The van der Waals surface area contributed by atoms with Crippen LogP contribution in [0.3, 0.4) is 0 Å². The number of aliphatic imine (C=N–C) groups is 1. The molecule has 4 unspecified atom stereocenters. The Morgan fingerprint density at radius 1 is 1.27 bits per heavy atom. The molecule has 1 fully saturated rings. The molecule has 2 N–H and O–H groups in total. The zero-order valence-corrected chi connectivity index (χ0v) is 21.2. The summed E-state index contributed by atoms with van der Waals surface area (Å²) in [4.78, 5) is 15.8. The molecule has 9 nitrogen and oxygen atoms in total. The number of para-hydroxylation sites is 1. The number of carbonyl (C=O) groups excluding carboxylic acids is 1. The first-order valence-electron chi connectivity index (χ1n) is 11.2. The maximum absolute atomic E-state index is 14.0. The van der Waals surface area contributed by atoms with Crippen molar-refractivity contribution in [3.05, 3.63) is 42.6 Å². The molecule has 1 saturated heterocycles. The number of nitrogens with two attached hydrogens (primary N) is 1. The lowest BCUT2D eigenvalue weighted by atomic mass is 10.1. The second-order valence-electron chi connectivity index (χ2n) is 8.74. The van der Waals surface area contributed by atoms with Crippen LogP contribution < -0.4 is 10.3 Å². The maximum atomic E-state index is 14.0. The highest BCUT2D eigenvalue weighted by atomic mass is 31.2. The van der Waals surface area contributed by atoms with Crippen molar-refractivity contribution < 1.29 is 23.1 Å². The van der Waals surface area contributed by atoms with Crippen LogP contribution in [0.25, 0.3) is 0 Å². The third kappa shape index (κ3) is 7.67. The van der Waals surface area contributed by atoms with Crippen molar-refractivity contribution in [2.24, 2.45) is 16.6 Å². The van der Waals surface area contributed by atoms with Gasteiger partial charge in [-0.05, 0) is 52.3 Å². The van der Waals surface area contributed by atoms with E-state index >= 15 is 0 Å². The summed E-state index contributed by atoms with van der Waals surface area (Å²) in [5.74, 6) is 0.798. The first-order chi connectivity index (χ1) is 15.6. The highest BCUT2D eigenvalue weighted by Gasteiger charge is 2.42. The fourth-order valence-corrected chi connectivity index (χ4v) is 6.15. The van der Waals surface area contributed by atoms with Gasteiger partial charge in [0.1, 0.15) is 17.8 Å². The third-order valence-electron chi connectivity index (χ3n) is 5.27. The molecule has 1 aliphatic heterocycles. The third-order valence-corrected chi connectivity index (χ3v) is 7.67. The van der Waals surface area contributed by atoms with Gasteiger partial charge in [0.15, 0.2) is 0 Å². The van der Waals surface area contributed by atoms with Crippen molar-refractivity contribution in [1.82, 2.24) is 9.57 Å². The Morgan fingerprint density at radius 2 is 1.91 bits per heavy atom. The highest BCUT2D eigenvalue weighted by molar-refractivity contribution is 7.51. The molecule has 1 aromatic carbocycles. The SMILES string of the molecule is CC1CC(COP(=O)(Oc2ccccc2)N(C(C)C)C(C)C)OC1N(C)/C=C\C(N)=NC=O. The molecule has 0 saturated carbocycles. The van der Waals surface area contributed by atoms with E-state index < -0.39 is 7.75 Å². The minimum atomic E-state index is -3.65. The van der Waals surface area contributed by atoms with Gasteiger partial charge in [-0.15, -0.1) is 0 Å². The lowest BCUT2D eigenvalue weighted by Gasteiger charge is -2.36. The van der Waals surface area contributed by atoms with Crippen molar-refractivity contribution in [1.29, 1.82) is 0 Å². The number of amides is 1. The van der Waals surface area contributed by atoms with Gasteiger partial charge in [-0.2, -0.15) is 9.66 Å². The fraction of sp³-hybridized carbons (Fsp3) is 0.565. The van der Waals surface area contributed by atoms with E-state index in [4.69, 9.17) is 19.5 Å². The number of hydrogen-bond acceptors (Lipinski definition) is 6. The normalized spacial score (nSPS) is 23.4. The first kappa shape index (κ1) is 27.1. The van der Waals surface area contributed by atoms with Crippen molar-refractivity contribution in [3.63, 3.8) is 0 Å². The summed E-state index contributed by atoms with van der Waals surface area (Å²) in [5.41, 5.74) is 5.62. The fourth-order valence-electron chi connectivity index (χ4n) is 4.00. The number of benzene rings is 1. The van der Waals surface area contributed by atoms with Crippen molar-refractivity contribution in [2.75, 3.05) is 13.7 Å². The molecule has 0 aliphatic carbocycles. The molecule has 1 aliphatic rings. The monoisotopic (exact) mass is 480 g/mol. The van der Waals surface area contributed by atoms with Gasteiger partial charge < -0.3 is 19.9 Å². The molecule has 0 radical (unpaired) electrons. The van der Waals surface area contributed by atoms with Crippen LogP contribution in [0.15, 0.2) is 47.6 Å². The van der Waals surface area contributed by atoms with E-state index in [1.807, 2.05) is 57.8 Å². The summed E-state index contributed by atoms with van der Waals surface area (Å²) in [6, 6.07) is 8.96. The number of ether oxygens (including phenoxy) is 1. The number of rotatable bonds is 12. The molecule has 1 amide bonds. The summed E-state index contributed by atoms with van der Waals surface area (Å²) in [5, 5.41) is 0. The molecular weight excluding hydrogens is 443 g/mol. The molecule has 10 heteroatoms. The summed E-state index contributed by atoms with van der Waals surface area (Å²) in [6.45, 7) is 10.1. The summed E-state index contributed by atoms with van der Waals surface area (Å²) < 4.78 is 34.0. The predicted molar refractivity (Wildman–Crippen MR) is 130 cm³/mol. The standard InChI is InChI=1S/C23H37N4O5P/c1-17(2)27(18(3)4)33(29,32-20-10-8-7-9-11-20)30-15-21-14-19(5)23(31-21)26(6)13-12-22(24)25-16-28/h7-13,16-19,21,23H,14-15H2,1-6H3,(H2,24,25,28)/b13-12-. The van der Waals surface area contributed by atoms with Gasteiger partial charge in [0.2, 0.25) is 6.41 Å². The van der Waals surface area contributed by atoms with Crippen LogP contribution in [0.4, 0.5) is 0 Å². The molecule has 0 spiro atoms. The Balaban J connectivity index is 2.11. The Kier molecular flexibility index (Phi) is 10.1. The maximum Gasteiger partial charge on any atom is 0.461 e. The minimum Gasteiger partial charge on any atom is -0.413 e. The number of carbonyl (C=O) groups is 1. The first-order valence-corrected chi connectivity index (χ1v) is 12.7. The second-order valence-corrected chi connectivity index (χ2v) is 10.6. The molecule has 1 aromatic rings. The van der Waals surface area contributed by atoms with Crippen LogP contribution in [0.2, 0.25) is 0 Å². The summed E-state index contributed by atoms with van der Waals surface area (Å²) in [7, 11) is -1.79. The Bertz CT molecular complexity index is 854. The average Bonchev–Trinajstić information content (AvgIpc) is 3.11. The number of hydrogen-bond donors (Lipinski definition) is 1. The van der Waals surface area contributed by atoms with Crippen LogP contribution >= 0.6 is 7.75 Å². The van der Waals surface area contributed by atoms with E-state index in [2.05, 4.69) is 11.9 Å². The second kappa shape index (κ2) is 12.3. The topological polar surface area (TPSA) is 107 Å². The van der Waals surface area contributed by atoms with E-state index in [-0.39, 0.29) is 42.8 Å². The molecule has 0 aromatic heterocycles. The van der Waals surface area contributed by atoms with E-state index in [9.17, 15) is 9.36 Å². The Hall–Kier alpha value is -2.19. The number of nitrogens with zero attached hydrogens (tertiary/aromatic N) is 3. The van der Waals surface area contributed by atoms with Gasteiger partial charge in [0.25, 0.3) is 0 Å². The van der Waals surface area contributed by atoms with Gasteiger partial charge in [0, 0.05) is 31.2 Å². The predicted octanol–water partition coefficient (Wildman–Crippen LogP) is 4.02. The smallest absolute Gasteiger partial charge is 0.413 e. The molecule has 33 heavy (non-hydrogen) atoms. The van der Waals surface area contributed by atoms with Crippen LogP contribution in [0.5, 0.6) is 5.75 Å². The van der Waals surface area contributed by atoms with Crippen LogP contribution in [-0.2, 0) is 18.6 Å². The van der Waals surface area contributed by atoms with Crippen molar-refractivity contribution in [3.8, 4) is 5.75 Å².